The Morgan fingerprint density at radius 1 is 1.12 bits per heavy atom. The molecular weight excluding hydrogens is 472 g/mol. The Kier molecular flexibility index (Phi) is 7.20. The van der Waals surface area contributed by atoms with Crippen LogP contribution in [0.15, 0.2) is 52.9 Å². The van der Waals surface area contributed by atoms with Crippen molar-refractivity contribution in [3.63, 3.8) is 0 Å². The molecular formula is C25H24N2O5S2. The van der Waals surface area contributed by atoms with Crippen LogP contribution >= 0.6 is 11.3 Å². The smallest absolute Gasteiger partial charge is 0.337 e. The zero-order valence-electron chi connectivity index (χ0n) is 18.8. The molecule has 1 fully saturated rings. The van der Waals surface area contributed by atoms with Gasteiger partial charge in [-0.05, 0) is 43.2 Å². The Labute approximate surface area is 203 Å². The average molecular weight is 497 g/mol. The third-order valence-corrected chi connectivity index (χ3v) is 8.40. The molecule has 0 spiro atoms. The van der Waals surface area contributed by atoms with Gasteiger partial charge in [-0.3, -0.25) is 4.72 Å². The highest BCUT2D eigenvalue weighted by Crippen LogP contribution is 2.32. The van der Waals surface area contributed by atoms with E-state index in [0.29, 0.717) is 10.9 Å². The first-order valence-corrected chi connectivity index (χ1v) is 13.1. The highest BCUT2D eigenvalue weighted by atomic mass is 32.2. The molecule has 0 radical (unpaired) electrons. The van der Waals surface area contributed by atoms with E-state index in [9.17, 15) is 13.2 Å². The third kappa shape index (κ3) is 5.41. The van der Waals surface area contributed by atoms with Crippen LogP contribution in [0.2, 0.25) is 0 Å². The number of carbonyl (C=O) groups is 1. The van der Waals surface area contributed by atoms with Gasteiger partial charge in [0.15, 0.2) is 4.21 Å². The Bertz CT molecular complexity index is 1350. The fraction of sp³-hybridized carbons (Fsp3) is 0.280. The van der Waals surface area contributed by atoms with Crippen LogP contribution in [-0.2, 0) is 14.8 Å². The van der Waals surface area contributed by atoms with E-state index < -0.39 is 16.0 Å². The van der Waals surface area contributed by atoms with Crippen molar-refractivity contribution in [3.05, 3.63) is 59.8 Å². The summed E-state index contributed by atoms with van der Waals surface area (Å²) in [4.78, 5) is 16.0. The number of benzene rings is 2. The van der Waals surface area contributed by atoms with Crippen molar-refractivity contribution >= 4 is 33.0 Å². The van der Waals surface area contributed by atoms with Gasteiger partial charge in [0.2, 0.25) is 0 Å². The summed E-state index contributed by atoms with van der Waals surface area (Å²) in [5.41, 5.74) is 2.20. The van der Waals surface area contributed by atoms with Crippen molar-refractivity contribution in [2.24, 2.45) is 5.92 Å². The molecule has 1 saturated carbocycles. The molecule has 1 heterocycles. The van der Waals surface area contributed by atoms with Crippen molar-refractivity contribution in [2.75, 3.05) is 18.9 Å². The van der Waals surface area contributed by atoms with E-state index in [-0.39, 0.29) is 21.2 Å². The maximum Gasteiger partial charge on any atom is 0.337 e. The lowest BCUT2D eigenvalue weighted by molar-refractivity contribution is 0.0600. The van der Waals surface area contributed by atoms with Gasteiger partial charge in [0, 0.05) is 17.0 Å². The summed E-state index contributed by atoms with van der Waals surface area (Å²) in [6, 6.07) is 12.0. The molecule has 3 aromatic rings. The van der Waals surface area contributed by atoms with Crippen LogP contribution in [0.3, 0.4) is 0 Å². The van der Waals surface area contributed by atoms with Crippen molar-refractivity contribution in [2.45, 2.75) is 29.9 Å². The number of hydrogen-bond acceptors (Lipinski definition) is 7. The van der Waals surface area contributed by atoms with E-state index in [1.807, 2.05) is 24.3 Å². The Hall–Kier alpha value is -3.35. The van der Waals surface area contributed by atoms with Crippen molar-refractivity contribution in [3.8, 4) is 28.2 Å². The number of nitrogens with zero attached hydrogens (tertiary/aromatic N) is 1. The maximum atomic E-state index is 12.9. The molecule has 1 N–H and O–H groups in total. The monoisotopic (exact) mass is 496 g/mol. The van der Waals surface area contributed by atoms with Crippen LogP contribution in [0.5, 0.6) is 5.75 Å². The SMILES string of the molecule is COC(=O)c1ccc(NS(=O)(=O)c2cnc(-c3ccc(C#CC4CCCC4)cc3)s2)c(OC)c1. The van der Waals surface area contributed by atoms with Crippen LogP contribution < -0.4 is 9.46 Å². The molecule has 7 nitrogen and oxygen atoms in total. The second-order valence-corrected chi connectivity index (χ2v) is 10.8. The summed E-state index contributed by atoms with van der Waals surface area (Å²) in [7, 11) is -1.25. The quantitative estimate of drug-likeness (QED) is 0.383. The maximum absolute atomic E-state index is 12.9. The summed E-state index contributed by atoms with van der Waals surface area (Å²) >= 11 is 1.06. The molecule has 1 aromatic heterocycles. The molecule has 0 atom stereocenters. The second kappa shape index (κ2) is 10.3. The Morgan fingerprint density at radius 2 is 1.85 bits per heavy atom. The molecule has 0 bridgehead atoms. The highest BCUT2D eigenvalue weighted by Gasteiger charge is 2.21. The van der Waals surface area contributed by atoms with Gasteiger partial charge in [0.1, 0.15) is 10.8 Å². The number of methoxy groups -OCH3 is 2. The van der Waals surface area contributed by atoms with Crippen LogP contribution in [-0.4, -0.2) is 33.6 Å². The minimum atomic E-state index is -3.91. The number of anilines is 1. The van der Waals surface area contributed by atoms with E-state index in [0.717, 1.165) is 22.5 Å². The van der Waals surface area contributed by atoms with Gasteiger partial charge in [-0.1, -0.05) is 36.8 Å². The minimum absolute atomic E-state index is 0.0618. The average Bonchev–Trinajstić information content (AvgIpc) is 3.55. The third-order valence-electron chi connectivity index (χ3n) is 5.52. The van der Waals surface area contributed by atoms with Crippen LogP contribution in [0, 0.1) is 17.8 Å². The first kappa shape index (κ1) is 23.8. The Balaban J connectivity index is 1.50. The zero-order chi connectivity index (χ0) is 24.1. The summed E-state index contributed by atoms with van der Waals surface area (Å²) in [5, 5.41) is 0.587. The number of rotatable bonds is 6. The van der Waals surface area contributed by atoms with Crippen LogP contribution in [0.4, 0.5) is 5.69 Å². The number of nitrogens with one attached hydrogen (secondary N) is 1. The number of thiazole rings is 1. The zero-order valence-corrected chi connectivity index (χ0v) is 20.5. The van der Waals surface area contributed by atoms with Gasteiger partial charge in [0.25, 0.3) is 10.0 Å². The largest absolute Gasteiger partial charge is 0.495 e. The lowest BCUT2D eigenvalue weighted by atomic mass is 10.1. The first-order valence-electron chi connectivity index (χ1n) is 10.8. The lowest BCUT2D eigenvalue weighted by Crippen LogP contribution is -2.13. The fourth-order valence-corrected chi connectivity index (χ4v) is 5.89. The standard InChI is InChI=1S/C25H24N2O5S2/c1-31-22-15-20(25(28)32-2)13-14-21(22)27-34(29,30)23-16-26-24(33-23)19-11-9-18(10-12-19)8-7-17-5-3-4-6-17/h9-17,27H,3-6H2,1-2H3. The van der Waals surface area contributed by atoms with Crippen LogP contribution in [0.1, 0.15) is 41.6 Å². The molecule has 0 unspecified atom stereocenters. The van der Waals surface area contributed by atoms with Crippen molar-refractivity contribution in [1.29, 1.82) is 0 Å². The summed E-state index contributed by atoms with van der Waals surface area (Å²) in [6.45, 7) is 0. The van der Waals surface area contributed by atoms with E-state index in [1.54, 1.807) is 0 Å². The number of ether oxygens (including phenoxy) is 2. The molecule has 2 aromatic carbocycles. The van der Waals surface area contributed by atoms with Gasteiger partial charge in [-0.15, -0.1) is 11.3 Å². The Morgan fingerprint density at radius 3 is 2.53 bits per heavy atom. The lowest BCUT2D eigenvalue weighted by Gasteiger charge is -2.11. The second-order valence-electron chi connectivity index (χ2n) is 7.82. The van der Waals surface area contributed by atoms with E-state index in [4.69, 9.17) is 4.74 Å². The van der Waals surface area contributed by atoms with Gasteiger partial charge in [-0.25, -0.2) is 18.2 Å². The number of carbonyl (C=O) groups excluding carboxylic acids is 1. The predicted octanol–water partition coefficient (Wildman–Crippen LogP) is 4.95. The van der Waals surface area contributed by atoms with E-state index >= 15 is 0 Å². The van der Waals surface area contributed by atoms with Crippen molar-refractivity contribution in [1.82, 2.24) is 4.98 Å². The molecule has 1 aliphatic rings. The van der Waals surface area contributed by atoms with Gasteiger partial charge in [0.05, 0.1) is 31.7 Å². The van der Waals surface area contributed by atoms with Gasteiger partial charge < -0.3 is 9.47 Å². The first-order chi connectivity index (χ1) is 16.4. The minimum Gasteiger partial charge on any atom is -0.495 e. The molecule has 0 aliphatic heterocycles. The predicted molar refractivity (Wildman–Crippen MR) is 132 cm³/mol. The summed E-state index contributed by atoms with van der Waals surface area (Å²) < 4.78 is 38.4. The van der Waals surface area contributed by atoms with Gasteiger partial charge in [-0.2, -0.15) is 0 Å². The molecule has 4 rings (SSSR count). The molecule has 176 valence electrons. The molecule has 34 heavy (non-hydrogen) atoms. The summed E-state index contributed by atoms with van der Waals surface area (Å²) in [6.07, 6.45) is 6.20. The number of hydrogen-bond donors (Lipinski definition) is 1. The number of sulfonamides is 1. The molecule has 0 saturated heterocycles. The van der Waals surface area contributed by atoms with E-state index in [1.165, 1.54) is 64.3 Å². The fourth-order valence-electron chi connectivity index (χ4n) is 3.68. The molecule has 0 amide bonds. The molecule has 1 aliphatic carbocycles. The summed E-state index contributed by atoms with van der Waals surface area (Å²) in [5.74, 6) is 6.72. The van der Waals surface area contributed by atoms with Crippen molar-refractivity contribution < 1.29 is 22.7 Å². The van der Waals surface area contributed by atoms with Gasteiger partial charge >= 0.3 is 5.97 Å². The topological polar surface area (TPSA) is 94.6 Å². The van der Waals surface area contributed by atoms with E-state index in [2.05, 4.69) is 26.3 Å². The molecule has 9 heteroatoms. The van der Waals surface area contributed by atoms with Crippen LogP contribution in [0.25, 0.3) is 10.6 Å². The number of aromatic nitrogens is 1. The highest BCUT2D eigenvalue weighted by molar-refractivity contribution is 7.94. The number of esters is 1. The normalized spacial score (nSPS) is 13.7.